The molecule has 3 rings (SSSR count). The quantitative estimate of drug-likeness (QED) is 0.758. The van der Waals surface area contributed by atoms with Gasteiger partial charge in [-0.1, -0.05) is 12.1 Å². The number of anilines is 1. The summed E-state index contributed by atoms with van der Waals surface area (Å²) in [6.45, 7) is 0.859. The standard InChI is InChI=1S/C15H15N3/c1-18(15-4-2-3-8-17-15)11-12-5-6-14-13(10-12)7-9-16-14/h2-10,16H,11H2,1H3. The predicted molar refractivity (Wildman–Crippen MR) is 74.6 cm³/mol. The first kappa shape index (κ1) is 10.8. The molecule has 18 heavy (non-hydrogen) atoms. The SMILES string of the molecule is CN(Cc1ccc2[nH]ccc2c1)c1ccccn1. The summed E-state index contributed by atoms with van der Waals surface area (Å²) in [5, 5.41) is 1.25. The van der Waals surface area contributed by atoms with Crippen LogP contribution >= 0.6 is 0 Å². The van der Waals surface area contributed by atoms with Gasteiger partial charge in [0, 0.05) is 31.5 Å². The highest BCUT2D eigenvalue weighted by atomic mass is 15.2. The minimum Gasteiger partial charge on any atom is -0.361 e. The monoisotopic (exact) mass is 237 g/mol. The van der Waals surface area contributed by atoms with Crippen molar-refractivity contribution in [3.63, 3.8) is 0 Å². The molecular formula is C15H15N3. The van der Waals surface area contributed by atoms with Crippen LogP contribution in [0.3, 0.4) is 0 Å². The van der Waals surface area contributed by atoms with Crippen molar-refractivity contribution in [2.75, 3.05) is 11.9 Å². The molecule has 0 spiro atoms. The molecule has 1 aromatic carbocycles. The lowest BCUT2D eigenvalue weighted by atomic mass is 10.1. The molecule has 0 fully saturated rings. The molecule has 3 heteroatoms. The molecular weight excluding hydrogens is 222 g/mol. The summed E-state index contributed by atoms with van der Waals surface area (Å²) < 4.78 is 0. The number of H-pyrrole nitrogens is 1. The number of hydrogen-bond donors (Lipinski definition) is 1. The first-order chi connectivity index (χ1) is 8.83. The number of hydrogen-bond acceptors (Lipinski definition) is 2. The lowest BCUT2D eigenvalue weighted by molar-refractivity contribution is 0.899. The van der Waals surface area contributed by atoms with Gasteiger partial charge in [-0.25, -0.2) is 4.98 Å². The lowest BCUT2D eigenvalue weighted by Crippen LogP contribution is -2.17. The Bertz CT molecular complexity index is 643. The van der Waals surface area contributed by atoms with Crippen LogP contribution in [-0.2, 0) is 6.54 Å². The topological polar surface area (TPSA) is 31.9 Å². The second kappa shape index (κ2) is 4.53. The van der Waals surface area contributed by atoms with Crippen LogP contribution in [0.2, 0.25) is 0 Å². The van der Waals surface area contributed by atoms with Crippen LogP contribution in [0.4, 0.5) is 5.82 Å². The second-order valence-corrected chi connectivity index (χ2v) is 4.44. The molecule has 0 aliphatic heterocycles. The number of pyridine rings is 1. The van der Waals surface area contributed by atoms with E-state index < -0.39 is 0 Å². The fraction of sp³-hybridized carbons (Fsp3) is 0.133. The summed E-state index contributed by atoms with van der Waals surface area (Å²) in [6.07, 6.45) is 3.79. The lowest BCUT2D eigenvalue weighted by Gasteiger charge is -2.18. The highest BCUT2D eigenvalue weighted by Crippen LogP contribution is 2.17. The number of benzene rings is 1. The van der Waals surface area contributed by atoms with E-state index in [2.05, 4.69) is 46.2 Å². The Morgan fingerprint density at radius 3 is 2.94 bits per heavy atom. The molecule has 1 N–H and O–H groups in total. The molecule has 3 aromatic rings. The Hall–Kier alpha value is -2.29. The minimum absolute atomic E-state index is 0.859. The molecule has 0 amide bonds. The van der Waals surface area contributed by atoms with Gasteiger partial charge in [0.15, 0.2) is 0 Å². The van der Waals surface area contributed by atoms with Crippen molar-refractivity contribution >= 4 is 16.7 Å². The van der Waals surface area contributed by atoms with Crippen LogP contribution < -0.4 is 4.90 Å². The molecule has 2 aromatic heterocycles. The van der Waals surface area contributed by atoms with Gasteiger partial charge < -0.3 is 9.88 Å². The third-order valence-corrected chi connectivity index (χ3v) is 3.08. The summed E-state index contributed by atoms with van der Waals surface area (Å²) in [6, 6.07) is 14.5. The van der Waals surface area contributed by atoms with E-state index in [1.807, 2.05) is 30.6 Å². The van der Waals surface area contributed by atoms with E-state index in [1.165, 1.54) is 16.5 Å². The molecule has 2 heterocycles. The van der Waals surface area contributed by atoms with Gasteiger partial charge in [0.1, 0.15) is 5.82 Å². The molecule has 0 saturated carbocycles. The van der Waals surface area contributed by atoms with Crippen LogP contribution in [-0.4, -0.2) is 17.0 Å². The maximum absolute atomic E-state index is 4.35. The van der Waals surface area contributed by atoms with E-state index in [9.17, 15) is 0 Å². The summed E-state index contributed by atoms with van der Waals surface area (Å²) in [4.78, 5) is 9.70. The molecule has 0 radical (unpaired) electrons. The van der Waals surface area contributed by atoms with Crippen molar-refractivity contribution in [2.24, 2.45) is 0 Å². The molecule has 0 unspecified atom stereocenters. The minimum atomic E-state index is 0.859. The largest absolute Gasteiger partial charge is 0.361 e. The zero-order chi connectivity index (χ0) is 12.4. The van der Waals surface area contributed by atoms with Crippen molar-refractivity contribution in [1.82, 2.24) is 9.97 Å². The molecule has 0 aliphatic rings. The van der Waals surface area contributed by atoms with Crippen LogP contribution in [0, 0.1) is 0 Å². The van der Waals surface area contributed by atoms with Crippen molar-refractivity contribution in [3.8, 4) is 0 Å². The van der Waals surface area contributed by atoms with Gasteiger partial charge >= 0.3 is 0 Å². The van der Waals surface area contributed by atoms with Crippen molar-refractivity contribution in [1.29, 1.82) is 0 Å². The van der Waals surface area contributed by atoms with E-state index in [0.717, 1.165) is 12.4 Å². The first-order valence-corrected chi connectivity index (χ1v) is 6.01. The Morgan fingerprint density at radius 2 is 2.11 bits per heavy atom. The summed E-state index contributed by atoms with van der Waals surface area (Å²) in [7, 11) is 2.06. The first-order valence-electron chi connectivity index (χ1n) is 6.01. The average Bonchev–Trinajstić information content (AvgIpc) is 2.87. The van der Waals surface area contributed by atoms with Crippen LogP contribution in [0.25, 0.3) is 10.9 Å². The number of aromatic nitrogens is 2. The van der Waals surface area contributed by atoms with Gasteiger partial charge in [0.25, 0.3) is 0 Å². The van der Waals surface area contributed by atoms with Gasteiger partial charge in [0.2, 0.25) is 0 Å². The number of aromatic amines is 1. The van der Waals surface area contributed by atoms with Gasteiger partial charge in [-0.15, -0.1) is 0 Å². The molecule has 0 saturated heterocycles. The van der Waals surface area contributed by atoms with Crippen molar-refractivity contribution in [2.45, 2.75) is 6.54 Å². The Morgan fingerprint density at radius 1 is 1.17 bits per heavy atom. The van der Waals surface area contributed by atoms with Crippen LogP contribution in [0.15, 0.2) is 54.9 Å². The van der Waals surface area contributed by atoms with Crippen LogP contribution in [0.1, 0.15) is 5.56 Å². The normalized spacial score (nSPS) is 10.7. The van der Waals surface area contributed by atoms with E-state index in [0.29, 0.717) is 0 Å². The van der Waals surface area contributed by atoms with Crippen molar-refractivity contribution in [3.05, 3.63) is 60.4 Å². The van der Waals surface area contributed by atoms with Gasteiger partial charge in [-0.3, -0.25) is 0 Å². The summed E-state index contributed by atoms with van der Waals surface area (Å²) in [5.41, 5.74) is 2.47. The number of rotatable bonds is 3. The highest BCUT2D eigenvalue weighted by Gasteiger charge is 2.03. The summed E-state index contributed by atoms with van der Waals surface area (Å²) >= 11 is 0. The molecule has 3 nitrogen and oxygen atoms in total. The zero-order valence-electron chi connectivity index (χ0n) is 10.3. The summed E-state index contributed by atoms with van der Waals surface area (Å²) in [5.74, 6) is 0.992. The number of nitrogens with zero attached hydrogens (tertiary/aromatic N) is 2. The molecule has 90 valence electrons. The fourth-order valence-electron chi connectivity index (χ4n) is 2.14. The highest BCUT2D eigenvalue weighted by molar-refractivity contribution is 5.79. The average molecular weight is 237 g/mol. The van der Waals surface area contributed by atoms with Crippen LogP contribution in [0.5, 0.6) is 0 Å². The molecule has 0 atom stereocenters. The van der Waals surface area contributed by atoms with E-state index in [-0.39, 0.29) is 0 Å². The van der Waals surface area contributed by atoms with Gasteiger partial charge in [-0.2, -0.15) is 0 Å². The number of nitrogens with one attached hydrogen (secondary N) is 1. The Kier molecular flexibility index (Phi) is 2.73. The number of fused-ring (bicyclic) bond motifs is 1. The van der Waals surface area contributed by atoms with E-state index >= 15 is 0 Å². The third kappa shape index (κ3) is 2.07. The second-order valence-electron chi connectivity index (χ2n) is 4.44. The fourth-order valence-corrected chi connectivity index (χ4v) is 2.14. The molecule has 0 bridgehead atoms. The smallest absolute Gasteiger partial charge is 0.128 e. The predicted octanol–water partition coefficient (Wildman–Crippen LogP) is 3.20. The maximum Gasteiger partial charge on any atom is 0.128 e. The van der Waals surface area contributed by atoms with Crippen molar-refractivity contribution < 1.29 is 0 Å². The van der Waals surface area contributed by atoms with E-state index in [4.69, 9.17) is 0 Å². The molecule has 0 aliphatic carbocycles. The third-order valence-electron chi connectivity index (χ3n) is 3.08. The maximum atomic E-state index is 4.35. The Balaban J connectivity index is 1.83. The van der Waals surface area contributed by atoms with E-state index in [1.54, 1.807) is 0 Å². The van der Waals surface area contributed by atoms with Gasteiger partial charge in [-0.05, 0) is 41.3 Å². The van der Waals surface area contributed by atoms with Gasteiger partial charge in [0.05, 0.1) is 0 Å². The Labute approximate surface area is 106 Å². The zero-order valence-corrected chi connectivity index (χ0v) is 10.3.